The van der Waals surface area contributed by atoms with Crippen LogP contribution in [-0.4, -0.2) is 28.0 Å². The first-order valence-electron chi connectivity index (χ1n) is 6.70. The number of unbranched alkanes of at least 4 members (excludes halogenated alkanes) is 2. The molecule has 0 saturated heterocycles. The van der Waals surface area contributed by atoms with Gasteiger partial charge in [-0.25, -0.2) is 0 Å². The third-order valence-electron chi connectivity index (χ3n) is 3.13. The topological polar surface area (TPSA) is 51.3 Å². The Balaban J connectivity index is 2.79. The minimum absolute atomic E-state index is 0.0697. The van der Waals surface area contributed by atoms with E-state index in [2.05, 4.69) is 20.8 Å². The molecule has 4 nitrogen and oxygen atoms in total. The first-order chi connectivity index (χ1) is 8.47. The predicted molar refractivity (Wildman–Crippen MR) is 75.5 cm³/mol. The number of amides is 1. The lowest BCUT2D eigenvalue weighted by atomic mass is 10.2. The number of nitrogens with two attached hydrogens (primary N) is 1. The minimum Gasteiger partial charge on any atom is -0.397 e. The molecule has 0 bridgehead atoms. The van der Waals surface area contributed by atoms with E-state index in [4.69, 9.17) is 5.73 Å². The molecule has 0 saturated carbocycles. The molecular formula is C14H25N3O. The molecule has 2 N–H and O–H groups in total. The van der Waals surface area contributed by atoms with E-state index in [0.29, 0.717) is 11.4 Å². The maximum atomic E-state index is 12.5. The molecule has 0 radical (unpaired) electrons. The molecule has 0 aromatic carbocycles. The summed E-state index contributed by atoms with van der Waals surface area (Å²) in [5.41, 5.74) is 7.03. The molecule has 1 amide bonds. The van der Waals surface area contributed by atoms with E-state index in [1.54, 1.807) is 16.8 Å². The number of hydrogen-bond acceptors (Lipinski definition) is 2. The van der Waals surface area contributed by atoms with Crippen molar-refractivity contribution in [3.05, 3.63) is 18.0 Å². The van der Waals surface area contributed by atoms with Crippen LogP contribution in [-0.2, 0) is 7.05 Å². The van der Waals surface area contributed by atoms with Crippen LogP contribution in [0.3, 0.4) is 0 Å². The summed E-state index contributed by atoms with van der Waals surface area (Å²) in [6, 6.07) is 1.96. The van der Waals surface area contributed by atoms with Crippen LogP contribution in [0, 0.1) is 0 Å². The molecule has 0 aliphatic heterocycles. The Bertz CT molecular complexity index is 396. The fourth-order valence-electron chi connectivity index (χ4n) is 2.08. The van der Waals surface area contributed by atoms with Crippen molar-refractivity contribution in [3.8, 4) is 0 Å². The van der Waals surface area contributed by atoms with Gasteiger partial charge in [0.25, 0.3) is 5.91 Å². The highest BCUT2D eigenvalue weighted by Gasteiger charge is 2.20. The highest BCUT2D eigenvalue weighted by Crippen LogP contribution is 2.14. The molecule has 0 spiro atoms. The number of nitrogen functional groups attached to an aromatic ring is 1. The fourth-order valence-corrected chi connectivity index (χ4v) is 2.08. The van der Waals surface area contributed by atoms with E-state index in [0.717, 1.165) is 25.8 Å². The molecule has 0 aliphatic carbocycles. The zero-order chi connectivity index (χ0) is 13.7. The van der Waals surface area contributed by atoms with E-state index in [9.17, 15) is 4.79 Å². The third-order valence-corrected chi connectivity index (χ3v) is 3.13. The zero-order valence-electron chi connectivity index (χ0n) is 11.9. The smallest absolute Gasteiger partial charge is 0.270 e. The molecule has 1 aromatic rings. The summed E-state index contributed by atoms with van der Waals surface area (Å²) >= 11 is 0. The van der Waals surface area contributed by atoms with Gasteiger partial charge in [-0.2, -0.15) is 0 Å². The monoisotopic (exact) mass is 251 g/mol. The SMILES string of the molecule is CCCCCN(C(=O)c1cc(N)cn1C)C(C)C. The van der Waals surface area contributed by atoms with E-state index < -0.39 is 0 Å². The van der Waals surface area contributed by atoms with Crippen LogP contribution in [0.5, 0.6) is 0 Å². The lowest BCUT2D eigenvalue weighted by Crippen LogP contribution is -2.38. The number of carbonyl (C=O) groups excluding carboxylic acids is 1. The molecule has 102 valence electrons. The normalized spacial score (nSPS) is 10.9. The Labute approximate surface area is 110 Å². The molecule has 0 atom stereocenters. The predicted octanol–water partition coefficient (Wildman–Crippen LogP) is 2.65. The summed E-state index contributed by atoms with van der Waals surface area (Å²) in [7, 11) is 1.86. The standard InChI is InChI=1S/C14H25N3O/c1-5-6-7-8-17(11(2)3)14(18)13-9-12(15)10-16(13)4/h9-11H,5-8,15H2,1-4H3. The van der Waals surface area contributed by atoms with Crippen molar-refractivity contribution in [1.82, 2.24) is 9.47 Å². The Morgan fingerprint density at radius 2 is 2.11 bits per heavy atom. The second kappa shape index (κ2) is 6.47. The third kappa shape index (κ3) is 3.52. The van der Waals surface area contributed by atoms with E-state index in [1.807, 2.05) is 11.9 Å². The first kappa shape index (κ1) is 14.6. The summed E-state index contributed by atoms with van der Waals surface area (Å²) < 4.78 is 1.80. The van der Waals surface area contributed by atoms with E-state index >= 15 is 0 Å². The second-order valence-corrected chi connectivity index (χ2v) is 5.07. The number of aryl methyl sites for hydroxylation is 1. The summed E-state index contributed by atoms with van der Waals surface area (Å²) in [6.45, 7) is 7.08. The summed E-state index contributed by atoms with van der Waals surface area (Å²) in [5, 5.41) is 0. The van der Waals surface area contributed by atoms with Crippen LogP contribution in [0.25, 0.3) is 0 Å². The van der Waals surface area contributed by atoms with E-state index in [1.165, 1.54) is 0 Å². The molecular weight excluding hydrogens is 226 g/mol. The quantitative estimate of drug-likeness (QED) is 0.790. The molecule has 1 heterocycles. The Kier molecular flexibility index (Phi) is 5.25. The Morgan fingerprint density at radius 3 is 2.56 bits per heavy atom. The average Bonchev–Trinajstić information content (AvgIpc) is 2.63. The highest BCUT2D eigenvalue weighted by atomic mass is 16.2. The van der Waals surface area contributed by atoms with Gasteiger partial charge in [0.05, 0.1) is 5.69 Å². The highest BCUT2D eigenvalue weighted by molar-refractivity contribution is 5.94. The summed E-state index contributed by atoms with van der Waals surface area (Å²) in [6.07, 6.45) is 5.15. The number of anilines is 1. The van der Waals surface area contributed by atoms with Gasteiger partial charge in [0.15, 0.2) is 0 Å². The first-order valence-corrected chi connectivity index (χ1v) is 6.70. The average molecular weight is 251 g/mol. The van der Waals surface area contributed by atoms with Gasteiger partial charge in [0, 0.05) is 25.8 Å². The Hall–Kier alpha value is -1.45. The van der Waals surface area contributed by atoms with Crippen molar-refractivity contribution in [3.63, 3.8) is 0 Å². The summed E-state index contributed by atoms with van der Waals surface area (Å²) in [5.74, 6) is 0.0697. The molecule has 4 heteroatoms. The number of rotatable bonds is 6. The van der Waals surface area contributed by atoms with Gasteiger partial charge in [-0.3, -0.25) is 4.79 Å². The van der Waals surface area contributed by atoms with Crippen LogP contribution in [0.1, 0.15) is 50.5 Å². The van der Waals surface area contributed by atoms with Gasteiger partial charge in [-0.1, -0.05) is 19.8 Å². The molecule has 0 fully saturated rings. The molecule has 18 heavy (non-hydrogen) atoms. The van der Waals surface area contributed by atoms with Crippen molar-refractivity contribution in [2.24, 2.45) is 7.05 Å². The van der Waals surface area contributed by atoms with Crippen molar-refractivity contribution in [2.75, 3.05) is 12.3 Å². The van der Waals surface area contributed by atoms with Crippen LogP contribution in [0.15, 0.2) is 12.3 Å². The minimum atomic E-state index is 0.0697. The molecule has 0 aliphatic rings. The number of hydrogen-bond donors (Lipinski definition) is 1. The van der Waals surface area contributed by atoms with Gasteiger partial charge in [-0.15, -0.1) is 0 Å². The van der Waals surface area contributed by atoms with Crippen LogP contribution >= 0.6 is 0 Å². The molecule has 0 unspecified atom stereocenters. The van der Waals surface area contributed by atoms with Gasteiger partial charge >= 0.3 is 0 Å². The van der Waals surface area contributed by atoms with Crippen molar-refractivity contribution < 1.29 is 4.79 Å². The lowest BCUT2D eigenvalue weighted by molar-refractivity contribution is 0.0692. The maximum absolute atomic E-state index is 12.5. The maximum Gasteiger partial charge on any atom is 0.270 e. The number of aromatic nitrogens is 1. The van der Waals surface area contributed by atoms with Crippen molar-refractivity contribution in [1.29, 1.82) is 0 Å². The molecule has 1 aromatic heterocycles. The van der Waals surface area contributed by atoms with Gasteiger partial charge in [0.1, 0.15) is 5.69 Å². The zero-order valence-corrected chi connectivity index (χ0v) is 11.9. The van der Waals surface area contributed by atoms with Crippen LogP contribution in [0.2, 0.25) is 0 Å². The van der Waals surface area contributed by atoms with Crippen LogP contribution in [0.4, 0.5) is 5.69 Å². The van der Waals surface area contributed by atoms with Crippen molar-refractivity contribution in [2.45, 2.75) is 46.1 Å². The lowest BCUT2D eigenvalue weighted by Gasteiger charge is -2.27. The molecule has 1 rings (SSSR count). The number of carbonyl (C=O) groups is 1. The van der Waals surface area contributed by atoms with Crippen LogP contribution < -0.4 is 5.73 Å². The Morgan fingerprint density at radius 1 is 1.44 bits per heavy atom. The second-order valence-electron chi connectivity index (χ2n) is 5.07. The van der Waals surface area contributed by atoms with E-state index in [-0.39, 0.29) is 11.9 Å². The fraction of sp³-hybridized carbons (Fsp3) is 0.643. The van der Waals surface area contributed by atoms with Gasteiger partial charge < -0.3 is 15.2 Å². The van der Waals surface area contributed by atoms with Crippen molar-refractivity contribution >= 4 is 11.6 Å². The summed E-state index contributed by atoms with van der Waals surface area (Å²) in [4.78, 5) is 14.4. The largest absolute Gasteiger partial charge is 0.397 e. The number of nitrogens with zero attached hydrogens (tertiary/aromatic N) is 2. The van der Waals surface area contributed by atoms with Gasteiger partial charge in [0.2, 0.25) is 0 Å². The van der Waals surface area contributed by atoms with Gasteiger partial charge in [-0.05, 0) is 26.3 Å².